The first kappa shape index (κ1) is 14.5. The van der Waals surface area contributed by atoms with E-state index in [0.29, 0.717) is 31.6 Å². The van der Waals surface area contributed by atoms with Crippen LogP contribution in [0.4, 0.5) is 0 Å². The van der Waals surface area contributed by atoms with E-state index < -0.39 is 5.92 Å². The number of esters is 2. The second-order valence-electron chi connectivity index (χ2n) is 4.45. The molecule has 0 aliphatic carbocycles. The summed E-state index contributed by atoms with van der Waals surface area (Å²) < 4.78 is 9.87. The van der Waals surface area contributed by atoms with Crippen molar-refractivity contribution in [2.45, 2.75) is 33.6 Å². The summed E-state index contributed by atoms with van der Waals surface area (Å²) in [4.78, 5) is 23.2. The van der Waals surface area contributed by atoms with Gasteiger partial charge in [-0.2, -0.15) is 0 Å². The zero-order valence-corrected chi connectivity index (χ0v) is 11.2. The highest BCUT2D eigenvalue weighted by molar-refractivity contribution is 5.91. The molecule has 0 N–H and O–H groups in total. The topological polar surface area (TPSA) is 52.6 Å². The molecule has 0 aromatic rings. The molecular formula is C14H20O4. The van der Waals surface area contributed by atoms with Crippen LogP contribution in [0.15, 0.2) is 23.3 Å². The lowest BCUT2D eigenvalue weighted by atomic mass is 10.00. The molecule has 1 saturated heterocycles. The highest BCUT2D eigenvalue weighted by Crippen LogP contribution is 2.19. The SMILES string of the molecule is CCOC(=O)[C@H](C=C1CCOC1=O)CC=C(C)C. The van der Waals surface area contributed by atoms with Gasteiger partial charge in [-0.25, -0.2) is 4.79 Å². The molecule has 1 atom stereocenters. The zero-order chi connectivity index (χ0) is 13.5. The van der Waals surface area contributed by atoms with Crippen molar-refractivity contribution in [1.82, 2.24) is 0 Å². The highest BCUT2D eigenvalue weighted by Gasteiger charge is 2.23. The number of hydrogen-bond donors (Lipinski definition) is 0. The fourth-order valence-electron chi connectivity index (χ4n) is 1.69. The second kappa shape index (κ2) is 6.99. The average Bonchev–Trinajstić information content (AvgIpc) is 2.70. The maximum atomic E-state index is 11.8. The van der Waals surface area contributed by atoms with Crippen LogP contribution in [-0.4, -0.2) is 25.2 Å². The third-order valence-electron chi connectivity index (χ3n) is 2.64. The van der Waals surface area contributed by atoms with Crippen LogP contribution >= 0.6 is 0 Å². The van der Waals surface area contributed by atoms with Crippen molar-refractivity contribution in [2.75, 3.05) is 13.2 Å². The minimum Gasteiger partial charge on any atom is -0.466 e. The van der Waals surface area contributed by atoms with Crippen molar-refractivity contribution in [3.05, 3.63) is 23.3 Å². The molecule has 0 radical (unpaired) electrons. The molecule has 0 aromatic carbocycles. The Hall–Kier alpha value is -1.58. The van der Waals surface area contributed by atoms with E-state index in [2.05, 4.69) is 0 Å². The van der Waals surface area contributed by atoms with Crippen LogP contribution in [0.25, 0.3) is 0 Å². The Kier molecular flexibility index (Phi) is 5.62. The van der Waals surface area contributed by atoms with E-state index in [9.17, 15) is 9.59 Å². The third-order valence-corrected chi connectivity index (χ3v) is 2.64. The van der Waals surface area contributed by atoms with Crippen molar-refractivity contribution >= 4 is 11.9 Å². The van der Waals surface area contributed by atoms with Gasteiger partial charge in [0.05, 0.1) is 19.1 Å². The molecule has 100 valence electrons. The summed E-state index contributed by atoms with van der Waals surface area (Å²) in [6.07, 6.45) is 4.78. The van der Waals surface area contributed by atoms with Gasteiger partial charge in [-0.1, -0.05) is 17.7 Å². The first-order valence-corrected chi connectivity index (χ1v) is 6.22. The Morgan fingerprint density at radius 3 is 2.72 bits per heavy atom. The van der Waals surface area contributed by atoms with E-state index in [0.717, 1.165) is 5.57 Å². The highest BCUT2D eigenvalue weighted by atomic mass is 16.5. The van der Waals surface area contributed by atoms with E-state index in [1.54, 1.807) is 13.0 Å². The molecule has 0 unspecified atom stereocenters. The predicted molar refractivity (Wildman–Crippen MR) is 67.8 cm³/mol. The van der Waals surface area contributed by atoms with Gasteiger partial charge in [-0.05, 0) is 27.2 Å². The zero-order valence-electron chi connectivity index (χ0n) is 11.2. The molecular weight excluding hydrogens is 232 g/mol. The van der Waals surface area contributed by atoms with Gasteiger partial charge in [0.15, 0.2) is 0 Å². The van der Waals surface area contributed by atoms with E-state index >= 15 is 0 Å². The first-order valence-electron chi connectivity index (χ1n) is 6.22. The van der Waals surface area contributed by atoms with Crippen LogP contribution in [0, 0.1) is 5.92 Å². The van der Waals surface area contributed by atoms with Gasteiger partial charge in [-0.15, -0.1) is 0 Å². The monoisotopic (exact) mass is 252 g/mol. The van der Waals surface area contributed by atoms with Crippen molar-refractivity contribution in [3.63, 3.8) is 0 Å². The van der Waals surface area contributed by atoms with Gasteiger partial charge in [0, 0.05) is 12.0 Å². The lowest BCUT2D eigenvalue weighted by Gasteiger charge is -2.10. The number of carbonyl (C=O) groups excluding carboxylic acids is 2. The Morgan fingerprint density at radius 1 is 1.50 bits per heavy atom. The fraction of sp³-hybridized carbons (Fsp3) is 0.571. The number of hydrogen-bond acceptors (Lipinski definition) is 4. The van der Waals surface area contributed by atoms with Gasteiger partial charge in [0.25, 0.3) is 0 Å². The summed E-state index contributed by atoms with van der Waals surface area (Å²) in [5.74, 6) is -1.01. The van der Waals surface area contributed by atoms with E-state index in [1.165, 1.54) is 0 Å². The largest absolute Gasteiger partial charge is 0.466 e. The third kappa shape index (κ3) is 4.35. The molecule has 0 bridgehead atoms. The molecule has 1 heterocycles. The quantitative estimate of drug-likeness (QED) is 0.428. The maximum absolute atomic E-state index is 11.8. The lowest BCUT2D eigenvalue weighted by molar-refractivity contribution is -0.146. The Labute approximate surface area is 108 Å². The van der Waals surface area contributed by atoms with Gasteiger partial charge in [0.1, 0.15) is 0 Å². The molecule has 0 aromatic heterocycles. The van der Waals surface area contributed by atoms with Crippen molar-refractivity contribution in [2.24, 2.45) is 5.92 Å². The normalized spacial score (nSPS) is 18.4. The van der Waals surface area contributed by atoms with E-state index in [1.807, 2.05) is 19.9 Å². The van der Waals surface area contributed by atoms with Crippen LogP contribution in [0.5, 0.6) is 0 Å². The molecule has 0 spiro atoms. The van der Waals surface area contributed by atoms with Crippen LogP contribution < -0.4 is 0 Å². The summed E-state index contributed by atoms with van der Waals surface area (Å²) in [7, 11) is 0. The Balaban J connectivity index is 2.79. The first-order chi connectivity index (χ1) is 8.54. The molecule has 1 aliphatic rings. The second-order valence-corrected chi connectivity index (χ2v) is 4.45. The summed E-state index contributed by atoms with van der Waals surface area (Å²) >= 11 is 0. The van der Waals surface area contributed by atoms with Crippen LogP contribution in [0.3, 0.4) is 0 Å². The fourth-order valence-corrected chi connectivity index (χ4v) is 1.69. The number of carbonyl (C=O) groups is 2. The van der Waals surface area contributed by atoms with Crippen LogP contribution in [0.2, 0.25) is 0 Å². The predicted octanol–water partition coefficient (Wildman–Crippen LogP) is 2.40. The molecule has 1 fully saturated rings. The summed E-state index contributed by atoms with van der Waals surface area (Å²) in [6.45, 7) is 6.46. The summed E-state index contributed by atoms with van der Waals surface area (Å²) in [5.41, 5.74) is 1.71. The summed E-state index contributed by atoms with van der Waals surface area (Å²) in [6, 6.07) is 0. The minimum absolute atomic E-state index is 0.290. The lowest BCUT2D eigenvalue weighted by Crippen LogP contribution is -2.16. The standard InChI is InChI=1S/C14H20O4/c1-4-17-13(15)11(6-5-10(2)3)9-12-7-8-18-14(12)16/h5,9,11H,4,6-8H2,1-3H3/t11-/m0/s1. The van der Waals surface area contributed by atoms with Gasteiger partial charge in [-0.3, -0.25) is 4.79 Å². The van der Waals surface area contributed by atoms with E-state index in [4.69, 9.17) is 9.47 Å². The van der Waals surface area contributed by atoms with Crippen LogP contribution in [-0.2, 0) is 19.1 Å². The number of cyclic esters (lactones) is 1. The molecule has 1 aliphatic heterocycles. The van der Waals surface area contributed by atoms with Crippen molar-refractivity contribution < 1.29 is 19.1 Å². The summed E-state index contributed by atoms with van der Waals surface area (Å²) in [5, 5.41) is 0. The number of rotatable bonds is 5. The minimum atomic E-state index is -0.402. The smallest absolute Gasteiger partial charge is 0.333 e. The van der Waals surface area contributed by atoms with Gasteiger partial charge < -0.3 is 9.47 Å². The number of allylic oxidation sites excluding steroid dienone is 2. The molecule has 1 rings (SSSR count). The van der Waals surface area contributed by atoms with E-state index in [-0.39, 0.29) is 11.9 Å². The van der Waals surface area contributed by atoms with Crippen molar-refractivity contribution in [3.8, 4) is 0 Å². The Bertz CT molecular complexity index is 375. The Morgan fingerprint density at radius 2 is 2.22 bits per heavy atom. The molecule has 18 heavy (non-hydrogen) atoms. The van der Waals surface area contributed by atoms with Gasteiger partial charge >= 0.3 is 11.9 Å². The molecule has 4 nitrogen and oxygen atoms in total. The van der Waals surface area contributed by atoms with Crippen molar-refractivity contribution in [1.29, 1.82) is 0 Å². The van der Waals surface area contributed by atoms with Gasteiger partial charge in [0.2, 0.25) is 0 Å². The molecule has 0 amide bonds. The molecule has 0 saturated carbocycles. The maximum Gasteiger partial charge on any atom is 0.333 e. The number of ether oxygens (including phenoxy) is 2. The molecule has 4 heteroatoms. The average molecular weight is 252 g/mol. The van der Waals surface area contributed by atoms with Crippen LogP contribution in [0.1, 0.15) is 33.6 Å².